The van der Waals surface area contributed by atoms with Gasteiger partial charge >= 0.3 is 6.09 Å². The van der Waals surface area contributed by atoms with E-state index in [2.05, 4.69) is 12.1 Å². The van der Waals surface area contributed by atoms with Crippen molar-refractivity contribution in [1.29, 1.82) is 10.5 Å². The van der Waals surface area contributed by atoms with Gasteiger partial charge in [-0.05, 0) is 39.3 Å². The van der Waals surface area contributed by atoms with Crippen LogP contribution in [-0.2, 0) is 4.74 Å². The molecule has 2 rings (SSSR count). The summed E-state index contributed by atoms with van der Waals surface area (Å²) >= 11 is 0. The number of amides is 1. The second-order valence-corrected chi connectivity index (χ2v) is 6.54. The van der Waals surface area contributed by atoms with E-state index < -0.39 is 23.2 Å². The predicted molar refractivity (Wildman–Crippen MR) is 84.7 cm³/mol. The van der Waals surface area contributed by atoms with Crippen molar-refractivity contribution in [1.82, 2.24) is 4.90 Å². The van der Waals surface area contributed by atoms with E-state index >= 15 is 0 Å². The van der Waals surface area contributed by atoms with Gasteiger partial charge in [0.2, 0.25) is 0 Å². The van der Waals surface area contributed by atoms with Gasteiger partial charge in [0.05, 0.1) is 12.1 Å². The molecule has 5 heteroatoms. The smallest absolute Gasteiger partial charge is 0.415 e. The van der Waals surface area contributed by atoms with Crippen molar-refractivity contribution in [3.05, 3.63) is 47.7 Å². The molecule has 1 aromatic rings. The molecule has 1 aliphatic heterocycles. The van der Waals surface area contributed by atoms with E-state index in [4.69, 9.17) is 4.74 Å². The first-order chi connectivity index (χ1) is 10.7. The molecule has 0 aromatic heterocycles. The molecular formula is C18H19N3O2. The Kier molecular flexibility index (Phi) is 4.16. The number of nitriles is 2. The van der Waals surface area contributed by atoms with Crippen LogP contribution < -0.4 is 0 Å². The molecule has 0 radical (unpaired) electrons. The Balaban J connectivity index is 2.53. The van der Waals surface area contributed by atoms with E-state index in [9.17, 15) is 15.3 Å². The summed E-state index contributed by atoms with van der Waals surface area (Å²) in [5, 5.41) is 19.2. The standard InChI is InChI=1S/C18H19N3O2/c1-13-10-18(11-19,12-20)15(14-8-6-5-7-9-14)21(13)16(22)23-17(2,3)4/h5-10,15H,1-4H3/t15-/m0/s1. The highest BCUT2D eigenvalue weighted by Crippen LogP contribution is 2.47. The van der Waals surface area contributed by atoms with E-state index in [0.29, 0.717) is 5.70 Å². The van der Waals surface area contributed by atoms with Gasteiger partial charge in [0, 0.05) is 5.70 Å². The first-order valence-corrected chi connectivity index (χ1v) is 7.33. The number of nitrogens with zero attached hydrogens (tertiary/aromatic N) is 3. The second-order valence-electron chi connectivity index (χ2n) is 6.54. The summed E-state index contributed by atoms with van der Waals surface area (Å²) in [5.74, 6) is 0. The van der Waals surface area contributed by atoms with Crippen molar-refractivity contribution in [2.24, 2.45) is 5.41 Å². The number of carbonyl (C=O) groups excluding carboxylic acids is 1. The van der Waals surface area contributed by atoms with Crippen LogP contribution in [0.1, 0.15) is 39.3 Å². The fourth-order valence-corrected chi connectivity index (χ4v) is 2.70. The van der Waals surface area contributed by atoms with Crippen LogP contribution in [0.3, 0.4) is 0 Å². The minimum absolute atomic E-state index is 0.538. The summed E-state index contributed by atoms with van der Waals surface area (Å²) in [5.41, 5.74) is -0.836. The van der Waals surface area contributed by atoms with Crippen LogP contribution in [0.2, 0.25) is 0 Å². The molecule has 1 aliphatic rings. The molecule has 0 aliphatic carbocycles. The van der Waals surface area contributed by atoms with Gasteiger partial charge in [0.1, 0.15) is 11.6 Å². The van der Waals surface area contributed by atoms with Crippen LogP contribution in [0.5, 0.6) is 0 Å². The number of hydrogen-bond donors (Lipinski definition) is 0. The molecule has 0 fully saturated rings. The zero-order chi connectivity index (χ0) is 17.3. The quantitative estimate of drug-likeness (QED) is 0.788. The minimum Gasteiger partial charge on any atom is -0.443 e. The van der Waals surface area contributed by atoms with Gasteiger partial charge in [-0.2, -0.15) is 10.5 Å². The second kappa shape index (κ2) is 5.78. The number of allylic oxidation sites excluding steroid dienone is 1. The lowest BCUT2D eigenvalue weighted by atomic mass is 9.81. The maximum absolute atomic E-state index is 12.6. The lowest BCUT2D eigenvalue weighted by molar-refractivity contribution is 0.0232. The fraction of sp³-hybridized carbons (Fsp3) is 0.389. The van der Waals surface area contributed by atoms with E-state index in [1.807, 2.05) is 18.2 Å². The average Bonchev–Trinajstić information content (AvgIpc) is 2.79. The third-order valence-electron chi connectivity index (χ3n) is 3.58. The van der Waals surface area contributed by atoms with Gasteiger partial charge < -0.3 is 4.74 Å². The highest BCUT2D eigenvalue weighted by Gasteiger charge is 2.51. The first kappa shape index (κ1) is 16.6. The molecule has 0 bridgehead atoms. The van der Waals surface area contributed by atoms with Crippen molar-refractivity contribution in [2.45, 2.75) is 39.3 Å². The van der Waals surface area contributed by atoms with Crippen molar-refractivity contribution in [3.8, 4) is 12.1 Å². The maximum Gasteiger partial charge on any atom is 0.415 e. The summed E-state index contributed by atoms with van der Waals surface area (Å²) in [4.78, 5) is 14.0. The van der Waals surface area contributed by atoms with E-state index in [1.54, 1.807) is 39.8 Å². The molecule has 1 heterocycles. The lowest BCUT2D eigenvalue weighted by Gasteiger charge is -2.32. The number of benzene rings is 1. The molecular weight excluding hydrogens is 290 g/mol. The largest absolute Gasteiger partial charge is 0.443 e. The summed E-state index contributed by atoms with van der Waals surface area (Å²) in [6.07, 6.45) is 0.974. The molecule has 118 valence electrons. The molecule has 0 saturated heterocycles. The summed E-state index contributed by atoms with van der Waals surface area (Å²) < 4.78 is 5.45. The third-order valence-corrected chi connectivity index (χ3v) is 3.58. The zero-order valence-electron chi connectivity index (χ0n) is 13.7. The average molecular weight is 309 g/mol. The van der Waals surface area contributed by atoms with Crippen molar-refractivity contribution in [3.63, 3.8) is 0 Å². The fourth-order valence-electron chi connectivity index (χ4n) is 2.70. The molecule has 1 aromatic carbocycles. The number of ether oxygens (including phenoxy) is 1. The topological polar surface area (TPSA) is 77.1 Å². The molecule has 0 saturated carbocycles. The van der Waals surface area contributed by atoms with Crippen LogP contribution in [0.25, 0.3) is 0 Å². The highest BCUT2D eigenvalue weighted by molar-refractivity contribution is 5.73. The van der Waals surface area contributed by atoms with Gasteiger partial charge in [-0.1, -0.05) is 30.3 Å². The highest BCUT2D eigenvalue weighted by atomic mass is 16.6. The molecule has 1 amide bonds. The van der Waals surface area contributed by atoms with Gasteiger partial charge in [0.15, 0.2) is 5.41 Å². The monoisotopic (exact) mass is 309 g/mol. The summed E-state index contributed by atoms with van der Waals surface area (Å²) in [6, 6.07) is 12.5. The SMILES string of the molecule is CC1=CC(C#N)(C#N)[C@H](c2ccccc2)N1C(=O)OC(C)(C)C. The van der Waals surface area contributed by atoms with Crippen LogP contribution >= 0.6 is 0 Å². The molecule has 0 N–H and O–H groups in total. The van der Waals surface area contributed by atoms with Crippen molar-refractivity contribution in [2.75, 3.05) is 0 Å². The van der Waals surface area contributed by atoms with E-state index in [-0.39, 0.29) is 0 Å². The first-order valence-electron chi connectivity index (χ1n) is 7.33. The Morgan fingerprint density at radius 2 is 1.78 bits per heavy atom. The van der Waals surface area contributed by atoms with Crippen LogP contribution in [0.15, 0.2) is 42.1 Å². The Hall–Kier alpha value is -2.79. The van der Waals surface area contributed by atoms with Crippen LogP contribution in [-0.4, -0.2) is 16.6 Å². The number of rotatable bonds is 1. The third kappa shape index (κ3) is 3.05. The zero-order valence-corrected chi connectivity index (χ0v) is 13.7. The van der Waals surface area contributed by atoms with E-state index in [0.717, 1.165) is 5.56 Å². The van der Waals surface area contributed by atoms with Crippen molar-refractivity contribution < 1.29 is 9.53 Å². The van der Waals surface area contributed by atoms with E-state index in [1.165, 1.54) is 11.0 Å². The Labute approximate surface area is 136 Å². The Morgan fingerprint density at radius 3 is 2.26 bits per heavy atom. The van der Waals surface area contributed by atoms with Crippen LogP contribution in [0.4, 0.5) is 4.79 Å². The van der Waals surface area contributed by atoms with Gasteiger partial charge in [-0.15, -0.1) is 0 Å². The van der Waals surface area contributed by atoms with Crippen LogP contribution in [0, 0.1) is 28.1 Å². The van der Waals surface area contributed by atoms with Crippen molar-refractivity contribution >= 4 is 6.09 Å². The molecule has 23 heavy (non-hydrogen) atoms. The maximum atomic E-state index is 12.6. The number of hydrogen-bond acceptors (Lipinski definition) is 4. The predicted octanol–water partition coefficient (Wildman–Crippen LogP) is 3.92. The number of carbonyl (C=O) groups is 1. The van der Waals surface area contributed by atoms with Gasteiger partial charge in [0.25, 0.3) is 0 Å². The molecule has 0 spiro atoms. The van der Waals surface area contributed by atoms with Gasteiger partial charge in [-0.3, -0.25) is 4.90 Å². The Morgan fingerprint density at radius 1 is 1.22 bits per heavy atom. The molecule has 5 nitrogen and oxygen atoms in total. The molecule has 1 atom stereocenters. The van der Waals surface area contributed by atoms with Gasteiger partial charge in [-0.25, -0.2) is 4.79 Å². The molecule has 0 unspecified atom stereocenters. The summed E-state index contributed by atoms with van der Waals surface area (Å²) in [7, 11) is 0. The normalized spacial score (nSPS) is 19.5. The Bertz CT molecular complexity index is 703. The summed E-state index contributed by atoms with van der Waals surface area (Å²) in [6.45, 7) is 7.04. The lowest BCUT2D eigenvalue weighted by Crippen LogP contribution is -2.39. The minimum atomic E-state index is -1.43.